The first-order valence-corrected chi connectivity index (χ1v) is 8.21. The molecule has 0 amide bonds. The number of carboxylic acids is 1. The van der Waals surface area contributed by atoms with E-state index in [0.717, 1.165) is 31.7 Å². The Morgan fingerprint density at radius 1 is 1.17 bits per heavy atom. The lowest BCUT2D eigenvalue weighted by atomic mass is 10.2. The number of nitrogens with one attached hydrogen (secondary N) is 1. The number of carbonyl (C=O) groups is 1. The van der Waals surface area contributed by atoms with Crippen LogP contribution in [0, 0.1) is 0 Å². The Labute approximate surface area is 141 Å². The molecule has 0 radical (unpaired) electrons. The molecule has 0 aromatic heterocycles. The van der Waals surface area contributed by atoms with Crippen molar-refractivity contribution < 1.29 is 14.6 Å². The summed E-state index contributed by atoms with van der Waals surface area (Å²) in [4.78, 5) is 13.5. The van der Waals surface area contributed by atoms with Gasteiger partial charge in [0.05, 0.1) is 0 Å². The maximum atomic E-state index is 11.2. The number of ether oxygens (including phenoxy) is 1. The second kappa shape index (κ2) is 7.84. The van der Waals surface area contributed by atoms with Gasteiger partial charge in [-0.05, 0) is 30.7 Å². The first-order chi connectivity index (χ1) is 11.7. The molecule has 0 aliphatic carbocycles. The molecule has 2 N–H and O–H groups in total. The average Bonchev–Trinajstić information content (AvgIpc) is 3.03. The van der Waals surface area contributed by atoms with E-state index < -0.39 is 5.97 Å². The summed E-state index contributed by atoms with van der Waals surface area (Å²) in [5.74, 6) is -0.526. The van der Waals surface area contributed by atoms with Crippen molar-refractivity contribution in [2.24, 2.45) is 0 Å². The van der Waals surface area contributed by atoms with E-state index in [0.29, 0.717) is 18.4 Å². The van der Waals surface area contributed by atoms with Gasteiger partial charge in [0.15, 0.2) is 0 Å². The molecule has 1 atom stereocenters. The van der Waals surface area contributed by atoms with E-state index >= 15 is 0 Å². The van der Waals surface area contributed by atoms with Gasteiger partial charge >= 0.3 is 5.97 Å². The highest BCUT2D eigenvalue weighted by atomic mass is 16.5. The number of aromatic carboxylic acids is 1. The van der Waals surface area contributed by atoms with E-state index in [2.05, 4.69) is 22.3 Å². The zero-order valence-corrected chi connectivity index (χ0v) is 13.5. The molecule has 0 bridgehead atoms. The summed E-state index contributed by atoms with van der Waals surface area (Å²) in [7, 11) is 0. The Hall–Kier alpha value is -2.53. The van der Waals surface area contributed by atoms with Crippen LogP contribution in [0.5, 0.6) is 5.75 Å². The third-order valence-corrected chi connectivity index (χ3v) is 4.20. The fourth-order valence-corrected chi connectivity index (χ4v) is 2.98. The predicted octanol–water partition coefficient (Wildman–Crippen LogP) is 2.95. The number of rotatable bonds is 7. The van der Waals surface area contributed by atoms with Gasteiger partial charge in [0.25, 0.3) is 0 Å². The van der Waals surface area contributed by atoms with Gasteiger partial charge in [-0.3, -0.25) is 4.90 Å². The number of hydrogen-bond acceptors (Lipinski definition) is 4. The van der Waals surface area contributed by atoms with Crippen LogP contribution in [-0.2, 0) is 0 Å². The van der Waals surface area contributed by atoms with Crippen LogP contribution in [0.1, 0.15) is 16.8 Å². The minimum atomic E-state index is -0.959. The van der Waals surface area contributed by atoms with Crippen LogP contribution in [-0.4, -0.2) is 48.3 Å². The average molecular weight is 326 g/mol. The quantitative estimate of drug-likeness (QED) is 0.819. The van der Waals surface area contributed by atoms with Gasteiger partial charge < -0.3 is 15.2 Å². The molecule has 3 rings (SSSR count). The lowest BCUT2D eigenvalue weighted by Gasteiger charge is -2.18. The first kappa shape index (κ1) is 16.3. The van der Waals surface area contributed by atoms with E-state index in [4.69, 9.17) is 9.84 Å². The molecule has 1 unspecified atom stereocenters. The molecule has 126 valence electrons. The first-order valence-electron chi connectivity index (χ1n) is 8.21. The number of para-hydroxylation sites is 2. The second-order valence-electron chi connectivity index (χ2n) is 5.95. The summed E-state index contributed by atoms with van der Waals surface area (Å²) in [5.41, 5.74) is 1.36. The molecule has 2 aromatic carbocycles. The van der Waals surface area contributed by atoms with E-state index in [1.54, 1.807) is 24.3 Å². The van der Waals surface area contributed by atoms with Crippen LogP contribution in [0.3, 0.4) is 0 Å². The second-order valence-corrected chi connectivity index (χ2v) is 5.95. The molecule has 5 nitrogen and oxygen atoms in total. The van der Waals surface area contributed by atoms with Crippen molar-refractivity contribution in [1.82, 2.24) is 4.90 Å². The number of likely N-dealkylation sites (tertiary alicyclic amines) is 1. The SMILES string of the molecule is O=C(O)c1ccccc1OCCN1CCC(Nc2ccccc2)C1. The highest BCUT2D eigenvalue weighted by Crippen LogP contribution is 2.19. The van der Waals surface area contributed by atoms with Crippen molar-refractivity contribution in [2.75, 3.05) is 31.6 Å². The smallest absolute Gasteiger partial charge is 0.339 e. The van der Waals surface area contributed by atoms with Crippen molar-refractivity contribution in [2.45, 2.75) is 12.5 Å². The van der Waals surface area contributed by atoms with Crippen molar-refractivity contribution >= 4 is 11.7 Å². The fourth-order valence-electron chi connectivity index (χ4n) is 2.98. The summed E-state index contributed by atoms with van der Waals surface area (Å²) in [6.07, 6.45) is 1.10. The largest absolute Gasteiger partial charge is 0.491 e. The van der Waals surface area contributed by atoms with Crippen molar-refractivity contribution in [1.29, 1.82) is 0 Å². The maximum Gasteiger partial charge on any atom is 0.339 e. The standard InChI is InChI=1S/C19H22N2O3/c22-19(23)17-8-4-5-9-18(17)24-13-12-21-11-10-16(14-21)20-15-6-2-1-3-7-15/h1-9,16,20H,10-14H2,(H,22,23). The van der Waals surface area contributed by atoms with E-state index in [1.807, 2.05) is 18.2 Å². The molecule has 1 saturated heterocycles. The fraction of sp³-hybridized carbons (Fsp3) is 0.316. The minimum absolute atomic E-state index is 0.211. The predicted molar refractivity (Wildman–Crippen MR) is 93.8 cm³/mol. The topological polar surface area (TPSA) is 61.8 Å². The van der Waals surface area contributed by atoms with Crippen LogP contribution < -0.4 is 10.1 Å². The van der Waals surface area contributed by atoms with Gasteiger partial charge in [-0.1, -0.05) is 30.3 Å². The van der Waals surface area contributed by atoms with Crippen molar-refractivity contribution in [3.8, 4) is 5.75 Å². The van der Waals surface area contributed by atoms with Crippen molar-refractivity contribution in [3.63, 3.8) is 0 Å². The van der Waals surface area contributed by atoms with Crippen LogP contribution in [0.15, 0.2) is 54.6 Å². The summed E-state index contributed by atoms with van der Waals surface area (Å²) in [6.45, 7) is 3.27. The zero-order chi connectivity index (χ0) is 16.8. The van der Waals surface area contributed by atoms with Crippen LogP contribution in [0.25, 0.3) is 0 Å². The maximum absolute atomic E-state index is 11.2. The Balaban J connectivity index is 1.44. The number of hydrogen-bond donors (Lipinski definition) is 2. The summed E-state index contributed by atoms with van der Waals surface area (Å²) in [6, 6.07) is 17.4. The van der Waals surface area contributed by atoms with E-state index in [-0.39, 0.29) is 5.56 Å². The molecule has 0 saturated carbocycles. The molecule has 1 heterocycles. The Bertz CT molecular complexity index is 675. The summed E-state index contributed by atoms with van der Waals surface area (Å²) >= 11 is 0. The molecule has 1 aliphatic heterocycles. The number of benzene rings is 2. The Morgan fingerprint density at radius 2 is 1.92 bits per heavy atom. The molecular weight excluding hydrogens is 304 g/mol. The lowest BCUT2D eigenvalue weighted by molar-refractivity contribution is 0.0691. The monoisotopic (exact) mass is 326 g/mol. The van der Waals surface area contributed by atoms with Crippen LogP contribution in [0.2, 0.25) is 0 Å². The van der Waals surface area contributed by atoms with Gasteiger partial charge in [0.2, 0.25) is 0 Å². The zero-order valence-electron chi connectivity index (χ0n) is 13.5. The molecule has 24 heavy (non-hydrogen) atoms. The van der Waals surface area contributed by atoms with Crippen molar-refractivity contribution in [3.05, 3.63) is 60.2 Å². The summed E-state index contributed by atoms with van der Waals surface area (Å²) in [5, 5.41) is 12.7. The minimum Gasteiger partial charge on any atom is -0.491 e. The molecule has 1 aliphatic rings. The third-order valence-electron chi connectivity index (χ3n) is 4.20. The highest BCUT2D eigenvalue weighted by Gasteiger charge is 2.22. The van der Waals surface area contributed by atoms with E-state index in [1.165, 1.54) is 0 Å². The Kier molecular flexibility index (Phi) is 5.33. The normalized spacial score (nSPS) is 17.6. The summed E-state index contributed by atoms with van der Waals surface area (Å²) < 4.78 is 5.67. The van der Waals surface area contributed by atoms with Gasteiger partial charge in [0.1, 0.15) is 17.9 Å². The molecule has 2 aromatic rings. The molecular formula is C19H22N2O3. The molecule has 5 heteroatoms. The van der Waals surface area contributed by atoms with Crippen LogP contribution >= 0.6 is 0 Å². The van der Waals surface area contributed by atoms with E-state index in [9.17, 15) is 4.79 Å². The number of anilines is 1. The van der Waals surface area contributed by atoms with Gasteiger partial charge in [-0.25, -0.2) is 4.79 Å². The number of nitrogens with zero attached hydrogens (tertiary/aromatic N) is 1. The lowest BCUT2D eigenvalue weighted by Crippen LogP contribution is -2.29. The van der Waals surface area contributed by atoms with Gasteiger partial charge in [0, 0.05) is 31.4 Å². The Morgan fingerprint density at radius 3 is 2.71 bits per heavy atom. The molecule has 0 spiro atoms. The number of carboxylic acid groups (broad SMARTS) is 1. The van der Waals surface area contributed by atoms with Gasteiger partial charge in [-0.2, -0.15) is 0 Å². The van der Waals surface area contributed by atoms with Gasteiger partial charge in [-0.15, -0.1) is 0 Å². The van der Waals surface area contributed by atoms with Crippen LogP contribution in [0.4, 0.5) is 5.69 Å². The highest BCUT2D eigenvalue weighted by molar-refractivity contribution is 5.90. The molecule has 1 fully saturated rings. The third kappa shape index (κ3) is 4.26.